The van der Waals surface area contributed by atoms with Gasteiger partial charge in [-0.1, -0.05) is 24.3 Å². The molecule has 0 amide bonds. The third kappa shape index (κ3) is 10.0. The Morgan fingerprint density at radius 2 is 1.97 bits per heavy atom. The van der Waals surface area contributed by atoms with Crippen molar-refractivity contribution in [3.8, 4) is 6.07 Å². The van der Waals surface area contributed by atoms with Gasteiger partial charge in [0.15, 0.2) is 5.84 Å². The van der Waals surface area contributed by atoms with E-state index < -0.39 is 0 Å². The first kappa shape index (κ1) is 25.1. The summed E-state index contributed by atoms with van der Waals surface area (Å²) in [6.45, 7) is 6.75. The number of hydrogen-bond donors (Lipinski definition) is 4. The molecule has 1 aromatic rings. The van der Waals surface area contributed by atoms with Crippen molar-refractivity contribution >= 4 is 12.6 Å². The van der Waals surface area contributed by atoms with Crippen LogP contribution in [0, 0.1) is 16.7 Å². The quantitative estimate of drug-likeness (QED) is 0.148. The molecular formula is C21H33N7O2. The fraction of sp³-hybridized carbons (Fsp3) is 0.476. The average molecular weight is 416 g/mol. The summed E-state index contributed by atoms with van der Waals surface area (Å²) in [6.07, 6.45) is 1.46. The Bertz CT molecular complexity index is 726. The second-order valence-electron chi connectivity index (χ2n) is 6.69. The topological polar surface area (TPSA) is 132 Å². The summed E-state index contributed by atoms with van der Waals surface area (Å²) in [5.74, 6) is 0.350. The minimum Gasteiger partial charge on any atom is -0.393 e. The van der Waals surface area contributed by atoms with E-state index in [9.17, 15) is 0 Å². The largest absolute Gasteiger partial charge is 0.393 e. The fourth-order valence-electron chi connectivity index (χ4n) is 2.57. The van der Waals surface area contributed by atoms with E-state index in [2.05, 4.69) is 52.5 Å². The van der Waals surface area contributed by atoms with E-state index in [1.165, 1.54) is 5.56 Å². The average Bonchev–Trinajstić information content (AvgIpc) is 2.75. The van der Waals surface area contributed by atoms with Gasteiger partial charge in [-0.05, 0) is 37.9 Å². The van der Waals surface area contributed by atoms with Gasteiger partial charge in [0.2, 0.25) is 0 Å². The number of unbranched alkanes of at least 4 members (excludes halogenated alkanes) is 1. The zero-order chi connectivity index (χ0) is 22.2. The lowest BCUT2D eigenvalue weighted by Crippen LogP contribution is -2.33. The number of nitrogens with zero attached hydrogens (tertiary/aromatic N) is 3. The van der Waals surface area contributed by atoms with Gasteiger partial charge in [0.05, 0.1) is 19.3 Å². The first-order valence-electron chi connectivity index (χ1n) is 9.75. The van der Waals surface area contributed by atoms with Gasteiger partial charge in [0.25, 0.3) is 0 Å². The van der Waals surface area contributed by atoms with Crippen LogP contribution in [0.3, 0.4) is 0 Å². The summed E-state index contributed by atoms with van der Waals surface area (Å²) in [6, 6.07) is 10.4. The summed E-state index contributed by atoms with van der Waals surface area (Å²) < 4.78 is 10.3. The first-order valence-corrected chi connectivity index (χ1v) is 9.75. The molecule has 0 unspecified atom stereocenters. The Morgan fingerprint density at radius 1 is 1.27 bits per heavy atom. The van der Waals surface area contributed by atoms with Gasteiger partial charge in [0, 0.05) is 26.6 Å². The number of benzene rings is 1. The molecule has 9 heteroatoms. The minimum absolute atomic E-state index is 0.114. The van der Waals surface area contributed by atoms with Crippen LogP contribution in [0.2, 0.25) is 0 Å². The Kier molecular flexibility index (Phi) is 12.5. The molecule has 0 spiro atoms. The van der Waals surface area contributed by atoms with Crippen molar-refractivity contribution in [1.29, 1.82) is 10.7 Å². The number of nitriles is 1. The molecule has 0 aliphatic heterocycles. The predicted octanol–water partition coefficient (Wildman–Crippen LogP) is 1.53. The molecule has 0 radical (unpaired) electrons. The molecule has 30 heavy (non-hydrogen) atoms. The zero-order valence-corrected chi connectivity index (χ0v) is 17.9. The second-order valence-corrected chi connectivity index (χ2v) is 6.69. The maximum absolute atomic E-state index is 8.63. The van der Waals surface area contributed by atoms with Crippen LogP contribution in [0.15, 0.2) is 40.8 Å². The predicted molar refractivity (Wildman–Crippen MR) is 119 cm³/mol. The molecule has 0 aliphatic rings. The Balaban J connectivity index is 2.62. The lowest BCUT2D eigenvalue weighted by atomic mass is 10.1. The summed E-state index contributed by atoms with van der Waals surface area (Å²) in [7, 11) is 3.66. The van der Waals surface area contributed by atoms with E-state index in [1.807, 2.05) is 12.1 Å². The number of aliphatic imine (C=N–C) groups is 1. The SMILES string of the molecule is C=NC(=N)/C(N)=C(\NCOCCOC)NCc1ccc(CN(C)CCCC#N)cc1. The van der Waals surface area contributed by atoms with E-state index >= 15 is 0 Å². The smallest absolute Gasteiger partial charge is 0.171 e. The van der Waals surface area contributed by atoms with E-state index in [0.717, 1.165) is 25.1 Å². The zero-order valence-electron chi connectivity index (χ0n) is 17.9. The highest BCUT2D eigenvalue weighted by Crippen LogP contribution is 2.08. The standard InChI is InChI=1S/C21H33N7O2/c1-25-20(24)19(23)21(27-16-30-13-12-29-3)26-14-17-6-8-18(9-7-17)15-28(2)11-5-4-10-22/h6-9,24,26-27H,1,4-5,11-16,23H2,2-3H3/b21-19+,24-20?. The number of rotatable bonds is 15. The number of nitrogens with one attached hydrogen (secondary N) is 3. The molecule has 1 rings (SSSR count). The Hall–Kier alpha value is -2.93. The molecule has 0 aromatic heterocycles. The van der Waals surface area contributed by atoms with E-state index in [4.69, 9.17) is 25.9 Å². The Morgan fingerprint density at radius 3 is 2.60 bits per heavy atom. The second kappa shape index (κ2) is 15.0. The summed E-state index contributed by atoms with van der Waals surface area (Å²) in [4.78, 5) is 5.78. The summed E-state index contributed by atoms with van der Waals surface area (Å²) >= 11 is 0. The lowest BCUT2D eigenvalue weighted by Gasteiger charge is -2.17. The van der Waals surface area contributed by atoms with Crippen LogP contribution in [0.25, 0.3) is 0 Å². The molecule has 0 aliphatic carbocycles. The number of amidine groups is 1. The van der Waals surface area contributed by atoms with Crippen LogP contribution in [0.1, 0.15) is 24.0 Å². The van der Waals surface area contributed by atoms with Crippen molar-refractivity contribution in [1.82, 2.24) is 15.5 Å². The molecule has 0 fully saturated rings. The van der Waals surface area contributed by atoms with Crippen molar-refractivity contribution in [3.63, 3.8) is 0 Å². The van der Waals surface area contributed by atoms with Gasteiger partial charge in [-0.15, -0.1) is 0 Å². The van der Waals surface area contributed by atoms with Crippen LogP contribution < -0.4 is 16.4 Å². The molecule has 0 bridgehead atoms. The molecule has 0 saturated carbocycles. The van der Waals surface area contributed by atoms with Gasteiger partial charge in [0.1, 0.15) is 18.2 Å². The molecule has 164 valence electrons. The maximum atomic E-state index is 8.63. The molecule has 5 N–H and O–H groups in total. The molecule has 0 heterocycles. The Labute approximate surface area is 179 Å². The monoisotopic (exact) mass is 415 g/mol. The van der Waals surface area contributed by atoms with Gasteiger partial charge in [-0.3, -0.25) is 5.41 Å². The highest BCUT2D eigenvalue weighted by molar-refractivity contribution is 5.98. The third-order valence-electron chi connectivity index (χ3n) is 4.24. The highest BCUT2D eigenvalue weighted by Gasteiger charge is 2.08. The minimum atomic E-state index is -0.114. The first-order chi connectivity index (χ1) is 14.5. The van der Waals surface area contributed by atoms with Gasteiger partial charge < -0.3 is 30.7 Å². The van der Waals surface area contributed by atoms with Crippen molar-refractivity contribution in [2.75, 3.05) is 40.6 Å². The van der Waals surface area contributed by atoms with Crippen molar-refractivity contribution in [2.45, 2.75) is 25.9 Å². The normalized spacial score (nSPS) is 11.5. The summed E-state index contributed by atoms with van der Waals surface area (Å²) in [5.41, 5.74) is 8.43. The van der Waals surface area contributed by atoms with Crippen LogP contribution in [0.5, 0.6) is 0 Å². The number of hydrogen-bond acceptors (Lipinski definition) is 8. The van der Waals surface area contributed by atoms with Crippen LogP contribution in [-0.2, 0) is 22.6 Å². The molecule has 1 aromatic carbocycles. The van der Waals surface area contributed by atoms with Gasteiger partial charge >= 0.3 is 0 Å². The number of ether oxygens (including phenoxy) is 2. The van der Waals surface area contributed by atoms with Crippen molar-refractivity contribution in [2.24, 2.45) is 10.7 Å². The van der Waals surface area contributed by atoms with E-state index in [1.54, 1.807) is 7.11 Å². The third-order valence-corrected chi connectivity index (χ3v) is 4.24. The highest BCUT2D eigenvalue weighted by atomic mass is 16.5. The van der Waals surface area contributed by atoms with Crippen LogP contribution >= 0.6 is 0 Å². The fourth-order valence-corrected chi connectivity index (χ4v) is 2.57. The van der Waals surface area contributed by atoms with Gasteiger partial charge in [-0.25, -0.2) is 4.99 Å². The lowest BCUT2D eigenvalue weighted by molar-refractivity contribution is 0.0636. The van der Waals surface area contributed by atoms with Gasteiger partial charge in [-0.2, -0.15) is 5.26 Å². The number of methoxy groups -OCH3 is 1. The molecular weight excluding hydrogens is 382 g/mol. The summed E-state index contributed by atoms with van der Waals surface area (Å²) in [5, 5.41) is 22.6. The maximum Gasteiger partial charge on any atom is 0.171 e. The van der Waals surface area contributed by atoms with Crippen LogP contribution in [-0.4, -0.2) is 58.1 Å². The van der Waals surface area contributed by atoms with E-state index in [0.29, 0.717) is 32.0 Å². The molecule has 0 saturated heterocycles. The number of nitrogens with two attached hydrogens (primary N) is 1. The molecule has 0 atom stereocenters. The van der Waals surface area contributed by atoms with Crippen molar-refractivity contribution in [3.05, 3.63) is 46.9 Å². The molecule has 9 nitrogen and oxygen atoms in total. The van der Waals surface area contributed by atoms with E-state index in [-0.39, 0.29) is 18.3 Å². The van der Waals surface area contributed by atoms with Crippen LogP contribution in [0.4, 0.5) is 0 Å². The van der Waals surface area contributed by atoms with Crippen molar-refractivity contribution < 1.29 is 9.47 Å².